The van der Waals surface area contributed by atoms with Crippen molar-refractivity contribution in [1.29, 1.82) is 0 Å². The van der Waals surface area contributed by atoms with Crippen molar-refractivity contribution < 1.29 is 9.47 Å². The highest BCUT2D eigenvalue weighted by atomic mass is 35.5. The fraction of sp³-hybridized carbons (Fsp3) is 0.250. The molecule has 0 aliphatic rings. The van der Waals surface area contributed by atoms with Crippen LogP contribution < -0.4 is 15.2 Å². The molecule has 0 aromatic heterocycles. The SMILES string of the molecule is CC(C)Oc1cc(N)cc(OCc2ccccc2Cl)c1. The molecule has 2 rings (SSSR count). The van der Waals surface area contributed by atoms with Gasteiger partial charge in [0, 0.05) is 34.5 Å². The minimum absolute atomic E-state index is 0.0909. The Bertz CT molecular complexity index is 584. The highest BCUT2D eigenvalue weighted by Gasteiger charge is 2.05. The van der Waals surface area contributed by atoms with Crippen molar-refractivity contribution in [2.75, 3.05) is 5.73 Å². The lowest BCUT2D eigenvalue weighted by Gasteiger charge is -2.13. The van der Waals surface area contributed by atoms with E-state index < -0.39 is 0 Å². The Morgan fingerprint density at radius 2 is 1.80 bits per heavy atom. The number of anilines is 1. The maximum Gasteiger partial charge on any atom is 0.125 e. The molecule has 3 nitrogen and oxygen atoms in total. The third-order valence-corrected chi connectivity index (χ3v) is 3.00. The molecule has 0 unspecified atom stereocenters. The highest BCUT2D eigenvalue weighted by molar-refractivity contribution is 6.31. The first-order valence-corrected chi connectivity index (χ1v) is 6.86. The van der Waals surface area contributed by atoms with Crippen molar-refractivity contribution in [3.63, 3.8) is 0 Å². The molecular formula is C16H18ClNO2. The predicted octanol–water partition coefficient (Wildman–Crippen LogP) is 4.29. The van der Waals surface area contributed by atoms with E-state index >= 15 is 0 Å². The Kier molecular flexibility index (Phi) is 4.74. The summed E-state index contributed by atoms with van der Waals surface area (Å²) in [5.41, 5.74) is 7.39. The van der Waals surface area contributed by atoms with Crippen molar-refractivity contribution >= 4 is 17.3 Å². The summed E-state index contributed by atoms with van der Waals surface area (Å²) >= 11 is 6.09. The molecule has 0 aliphatic heterocycles. The second-order valence-electron chi connectivity index (χ2n) is 4.78. The van der Waals surface area contributed by atoms with Crippen LogP contribution in [0.3, 0.4) is 0 Å². The van der Waals surface area contributed by atoms with E-state index in [4.69, 9.17) is 26.8 Å². The fourth-order valence-corrected chi connectivity index (χ4v) is 1.98. The lowest BCUT2D eigenvalue weighted by atomic mass is 10.2. The molecule has 0 aliphatic carbocycles. The molecular weight excluding hydrogens is 274 g/mol. The number of nitrogens with two attached hydrogens (primary N) is 1. The van der Waals surface area contributed by atoms with Crippen LogP contribution in [0.4, 0.5) is 5.69 Å². The molecule has 0 fully saturated rings. The van der Waals surface area contributed by atoms with Gasteiger partial charge in [-0.3, -0.25) is 0 Å². The zero-order chi connectivity index (χ0) is 14.5. The third kappa shape index (κ3) is 4.07. The lowest BCUT2D eigenvalue weighted by molar-refractivity contribution is 0.239. The van der Waals surface area contributed by atoms with Crippen molar-refractivity contribution in [2.45, 2.75) is 26.6 Å². The molecule has 0 amide bonds. The first-order chi connectivity index (χ1) is 9.54. The standard InChI is InChI=1S/C16H18ClNO2/c1-11(2)20-15-8-13(18)7-14(9-15)19-10-12-5-3-4-6-16(12)17/h3-9,11H,10,18H2,1-2H3. The van der Waals surface area contributed by atoms with Gasteiger partial charge in [-0.25, -0.2) is 0 Å². The van der Waals surface area contributed by atoms with Crippen molar-refractivity contribution in [3.8, 4) is 11.5 Å². The summed E-state index contributed by atoms with van der Waals surface area (Å²) in [5, 5.41) is 0.690. The predicted molar refractivity (Wildman–Crippen MR) is 82.4 cm³/mol. The molecule has 4 heteroatoms. The monoisotopic (exact) mass is 291 g/mol. The third-order valence-electron chi connectivity index (χ3n) is 2.63. The zero-order valence-corrected chi connectivity index (χ0v) is 12.4. The molecule has 2 aromatic carbocycles. The van der Waals surface area contributed by atoms with Gasteiger partial charge in [0.25, 0.3) is 0 Å². The van der Waals surface area contributed by atoms with Crippen LogP contribution in [0.2, 0.25) is 5.02 Å². The van der Waals surface area contributed by atoms with Gasteiger partial charge in [-0.05, 0) is 19.9 Å². The van der Waals surface area contributed by atoms with Gasteiger partial charge in [0.15, 0.2) is 0 Å². The number of hydrogen-bond acceptors (Lipinski definition) is 3. The van der Waals surface area contributed by atoms with Gasteiger partial charge in [-0.2, -0.15) is 0 Å². The lowest BCUT2D eigenvalue weighted by Crippen LogP contribution is -2.06. The van der Waals surface area contributed by atoms with E-state index in [-0.39, 0.29) is 6.10 Å². The van der Waals surface area contributed by atoms with Crippen LogP contribution in [0.1, 0.15) is 19.4 Å². The molecule has 0 spiro atoms. The van der Waals surface area contributed by atoms with Gasteiger partial charge < -0.3 is 15.2 Å². The molecule has 2 N–H and O–H groups in total. The van der Waals surface area contributed by atoms with E-state index in [0.29, 0.717) is 28.8 Å². The van der Waals surface area contributed by atoms with Crippen molar-refractivity contribution in [3.05, 3.63) is 53.1 Å². The Labute approximate surface area is 124 Å². The average molecular weight is 292 g/mol. The number of nitrogen functional groups attached to an aromatic ring is 1. The Morgan fingerprint density at radius 1 is 1.10 bits per heavy atom. The Balaban J connectivity index is 2.09. The van der Waals surface area contributed by atoms with Crippen LogP contribution in [0.15, 0.2) is 42.5 Å². The molecule has 0 atom stereocenters. The fourth-order valence-electron chi connectivity index (χ4n) is 1.79. The number of benzene rings is 2. The van der Waals surface area contributed by atoms with Crippen LogP contribution in [0.25, 0.3) is 0 Å². The first kappa shape index (κ1) is 14.5. The zero-order valence-electron chi connectivity index (χ0n) is 11.6. The quantitative estimate of drug-likeness (QED) is 0.836. The molecule has 0 bridgehead atoms. The van der Waals surface area contributed by atoms with E-state index in [2.05, 4.69) is 0 Å². The number of ether oxygens (including phenoxy) is 2. The van der Waals surface area contributed by atoms with Crippen LogP contribution >= 0.6 is 11.6 Å². The first-order valence-electron chi connectivity index (χ1n) is 6.48. The normalized spacial score (nSPS) is 10.6. The van der Waals surface area contributed by atoms with Crippen LogP contribution in [0.5, 0.6) is 11.5 Å². The second-order valence-corrected chi connectivity index (χ2v) is 5.19. The summed E-state index contributed by atoms with van der Waals surface area (Å²) in [6.07, 6.45) is 0.0909. The minimum Gasteiger partial charge on any atom is -0.491 e. The van der Waals surface area contributed by atoms with E-state index in [1.807, 2.05) is 44.2 Å². The van der Waals surface area contributed by atoms with Crippen LogP contribution in [-0.2, 0) is 6.61 Å². The molecule has 106 valence electrons. The van der Waals surface area contributed by atoms with Gasteiger partial charge in [-0.15, -0.1) is 0 Å². The Hall–Kier alpha value is -1.87. The van der Waals surface area contributed by atoms with Gasteiger partial charge in [-0.1, -0.05) is 29.8 Å². The van der Waals surface area contributed by atoms with Gasteiger partial charge in [0.05, 0.1) is 6.10 Å². The van der Waals surface area contributed by atoms with Crippen molar-refractivity contribution in [1.82, 2.24) is 0 Å². The van der Waals surface area contributed by atoms with E-state index in [9.17, 15) is 0 Å². The molecule has 0 saturated heterocycles. The average Bonchev–Trinajstić information content (AvgIpc) is 2.36. The molecule has 0 saturated carbocycles. The molecule has 0 heterocycles. The summed E-state index contributed by atoms with van der Waals surface area (Å²) < 4.78 is 11.4. The van der Waals surface area contributed by atoms with E-state index in [0.717, 1.165) is 5.56 Å². The van der Waals surface area contributed by atoms with Gasteiger partial charge in [0.1, 0.15) is 18.1 Å². The maximum absolute atomic E-state index is 6.09. The number of hydrogen-bond donors (Lipinski definition) is 1. The minimum atomic E-state index is 0.0909. The summed E-state index contributed by atoms with van der Waals surface area (Å²) in [6.45, 7) is 4.32. The van der Waals surface area contributed by atoms with Gasteiger partial charge >= 0.3 is 0 Å². The topological polar surface area (TPSA) is 44.5 Å². The summed E-state index contributed by atoms with van der Waals surface area (Å²) in [7, 11) is 0. The van der Waals surface area contributed by atoms with E-state index in [1.165, 1.54) is 0 Å². The molecule has 0 radical (unpaired) electrons. The summed E-state index contributed by atoms with van der Waals surface area (Å²) in [4.78, 5) is 0. The van der Waals surface area contributed by atoms with Crippen LogP contribution in [-0.4, -0.2) is 6.10 Å². The highest BCUT2D eigenvalue weighted by Crippen LogP contribution is 2.26. The summed E-state index contributed by atoms with van der Waals surface area (Å²) in [5.74, 6) is 1.37. The molecule has 20 heavy (non-hydrogen) atoms. The smallest absolute Gasteiger partial charge is 0.125 e. The van der Waals surface area contributed by atoms with E-state index in [1.54, 1.807) is 12.1 Å². The number of halogens is 1. The van der Waals surface area contributed by atoms with Crippen molar-refractivity contribution in [2.24, 2.45) is 0 Å². The molecule has 2 aromatic rings. The second kappa shape index (κ2) is 6.53. The Morgan fingerprint density at radius 3 is 2.50 bits per heavy atom. The van der Waals surface area contributed by atoms with Crippen LogP contribution in [0, 0.1) is 0 Å². The maximum atomic E-state index is 6.09. The largest absolute Gasteiger partial charge is 0.491 e. The number of rotatable bonds is 5. The summed E-state index contributed by atoms with van der Waals surface area (Å²) in [6, 6.07) is 13.0. The van der Waals surface area contributed by atoms with Gasteiger partial charge in [0.2, 0.25) is 0 Å².